The third kappa shape index (κ3) is 3.79. The number of rotatable bonds is 5. The van der Waals surface area contributed by atoms with Crippen molar-refractivity contribution in [1.29, 1.82) is 0 Å². The van der Waals surface area contributed by atoms with Crippen LogP contribution in [0.5, 0.6) is 5.75 Å². The van der Waals surface area contributed by atoms with Crippen molar-refractivity contribution < 1.29 is 9.47 Å². The molecule has 1 aliphatic rings. The first kappa shape index (κ1) is 18.4. The Bertz CT molecular complexity index is 1150. The Kier molecular flexibility index (Phi) is 5.06. The summed E-state index contributed by atoms with van der Waals surface area (Å²) in [5.41, 5.74) is 2.62. The van der Waals surface area contributed by atoms with E-state index in [2.05, 4.69) is 10.3 Å². The lowest BCUT2D eigenvalue weighted by Crippen LogP contribution is -2.41. The number of para-hydroxylation sites is 1. The zero-order chi connectivity index (χ0) is 19.6. The molecule has 29 heavy (non-hydrogen) atoms. The number of fused-ring (bicyclic) bond motifs is 2. The number of hydrogen-bond donors (Lipinski definition) is 1. The van der Waals surface area contributed by atoms with Gasteiger partial charge in [0, 0.05) is 24.0 Å². The van der Waals surface area contributed by atoms with Crippen molar-refractivity contribution >= 4 is 33.5 Å². The average molecular weight is 409 g/mol. The first-order valence-electron chi connectivity index (χ1n) is 9.75. The van der Waals surface area contributed by atoms with Gasteiger partial charge in [0.15, 0.2) is 0 Å². The lowest BCUT2D eigenvalue weighted by atomic mass is 10.2. The van der Waals surface area contributed by atoms with E-state index in [0.717, 1.165) is 59.7 Å². The Balaban J connectivity index is 1.36. The monoisotopic (exact) mass is 408 g/mol. The molecular formula is C22H21ClN4O2. The Morgan fingerprint density at radius 1 is 1.21 bits per heavy atom. The van der Waals surface area contributed by atoms with Crippen LogP contribution < -0.4 is 10.1 Å². The Morgan fingerprint density at radius 2 is 2.17 bits per heavy atom. The molecule has 6 nitrogen and oxygen atoms in total. The smallest absolute Gasteiger partial charge is 0.139 e. The van der Waals surface area contributed by atoms with Gasteiger partial charge in [-0.2, -0.15) is 0 Å². The molecule has 1 fully saturated rings. The van der Waals surface area contributed by atoms with Gasteiger partial charge in [0.1, 0.15) is 17.9 Å². The van der Waals surface area contributed by atoms with Gasteiger partial charge in [-0.3, -0.25) is 4.57 Å². The Labute approximate surface area is 173 Å². The second-order valence-electron chi connectivity index (χ2n) is 7.11. The van der Waals surface area contributed by atoms with Gasteiger partial charge >= 0.3 is 0 Å². The molecule has 0 radical (unpaired) electrons. The second-order valence-corrected chi connectivity index (χ2v) is 7.52. The molecule has 4 aromatic rings. The minimum atomic E-state index is 0.359. The van der Waals surface area contributed by atoms with E-state index in [1.165, 1.54) is 0 Å². The highest BCUT2D eigenvalue weighted by atomic mass is 35.5. The predicted octanol–water partition coefficient (Wildman–Crippen LogP) is 3.98. The van der Waals surface area contributed by atoms with Gasteiger partial charge in [0.25, 0.3) is 0 Å². The van der Waals surface area contributed by atoms with Crippen LogP contribution in [0.3, 0.4) is 0 Å². The summed E-state index contributed by atoms with van der Waals surface area (Å²) in [7, 11) is 0. The number of halogens is 1. The highest BCUT2D eigenvalue weighted by molar-refractivity contribution is 6.35. The summed E-state index contributed by atoms with van der Waals surface area (Å²) >= 11 is 6.32. The van der Waals surface area contributed by atoms with Gasteiger partial charge in [0.2, 0.25) is 0 Å². The number of nitrogens with one attached hydrogen (secondary N) is 1. The third-order valence-corrected chi connectivity index (χ3v) is 5.46. The summed E-state index contributed by atoms with van der Waals surface area (Å²) in [5, 5.41) is 5.09. The van der Waals surface area contributed by atoms with E-state index in [4.69, 9.17) is 26.1 Å². The molecule has 2 aromatic carbocycles. The van der Waals surface area contributed by atoms with Crippen LogP contribution in [0.25, 0.3) is 27.8 Å². The Morgan fingerprint density at radius 3 is 3.07 bits per heavy atom. The van der Waals surface area contributed by atoms with Gasteiger partial charge in [-0.15, -0.1) is 0 Å². The molecule has 148 valence electrons. The van der Waals surface area contributed by atoms with Gasteiger partial charge < -0.3 is 14.8 Å². The quantitative estimate of drug-likeness (QED) is 0.541. The van der Waals surface area contributed by atoms with E-state index in [0.29, 0.717) is 17.7 Å². The van der Waals surface area contributed by atoms with Crippen LogP contribution >= 0.6 is 11.6 Å². The number of benzene rings is 2. The molecule has 3 heterocycles. The first-order chi connectivity index (χ1) is 14.3. The number of ether oxygens (including phenoxy) is 2. The molecule has 1 unspecified atom stereocenters. The fourth-order valence-corrected chi connectivity index (χ4v) is 3.85. The fraction of sp³-hybridized carbons (Fsp3) is 0.273. The molecule has 0 saturated carbocycles. The Hall–Kier alpha value is -2.67. The normalized spacial score (nSPS) is 17.1. The first-order valence-corrected chi connectivity index (χ1v) is 10.1. The van der Waals surface area contributed by atoms with Crippen LogP contribution in [0.15, 0.2) is 54.9 Å². The fourth-order valence-electron chi connectivity index (χ4n) is 3.62. The number of nitrogens with zero attached hydrogens (tertiary/aromatic N) is 3. The van der Waals surface area contributed by atoms with Crippen molar-refractivity contribution in [1.82, 2.24) is 19.9 Å². The molecule has 5 rings (SSSR count). The molecule has 0 bridgehead atoms. The third-order valence-electron chi connectivity index (χ3n) is 5.16. The molecule has 1 saturated heterocycles. The van der Waals surface area contributed by atoms with E-state index >= 15 is 0 Å². The van der Waals surface area contributed by atoms with Crippen molar-refractivity contribution in [3.05, 3.63) is 59.9 Å². The van der Waals surface area contributed by atoms with Gasteiger partial charge in [-0.05, 0) is 36.8 Å². The van der Waals surface area contributed by atoms with E-state index < -0.39 is 0 Å². The van der Waals surface area contributed by atoms with E-state index in [1.807, 2.05) is 53.1 Å². The molecule has 1 aliphatic heterocycles. The molecular weight excluding hydrogens is 388 g/mol. The van der Waals surface area contributed by atoms with Crippen molar-refractivity contribution in [2.75, 3.05) is 26.4 Å². The molecule has 0 amide bonds. The van der Waals surface area contributed by atoms with E-state index in [1.54, 1.807) is 6.33 Å². The maximum absolute atomic E-state index is 6.32. The second kappa shape index (κ2) is 7.99. The standard InChI is InChI=1S/C22H21ClN4O2/c23-18-3-1-2-15-4-7-21(26-22(15)18)27-14-25-19-12-17(5-6-20(19)27)29-10-8-16-13-28-11-9-24-16/h1-7,12,14,16,24H,8-11,13H2. The van der Waals surface area contributed by atoms with Crippen molar-refractivity contribution in [2.24, 2.45) is 0 Å². The average Bonchev–Trinajstić information content (AvgIpc) is 3.18. The highest BCUT2D eigenvalue weighted by Gasteiger charge is 2.13. The van der Waals surface area contributed by atoms with Crippen molar-refractivity contribution in [3.63, 3.8) is 0 Å². The van der Waals surface area contributed by atoms with Gasteiger partial charge in [0.05, 0.1) is 41.4 Å². The highest BCUT2D eigenvalue weighted by Crippen LogP contribution is 2.26. The summed E-state index contributed by atoms with van der Waals surface area (Å²) in [5.74, 6) is 1.60. The largest absolute Gasteiger partial charge is 0.493 e. The SMILES string of the molecule is Clc1cccc2ccc(-n3cnc4cc(OCCC5COCCN5)ccc43)nc12. The topological polar surface area (TPSA) is 61.2 Å². The lowest BCUT2D eigenvalue weighted by molar-refractivity contribution is 0.0691. The van der Waals surface area contributed by atoms with Crippen molar-refractivity contribution in [3.8, 4) is 11.6 Å². The number of imidazole rings is 1. The van der Waals surface area contributed by atoms with Crippen LogP contribution in [0.2, 0.25) is 5.02 Å². The number of aromatic nitrogens is 3. The van der Waals surface area contributed by atoms with Crippen LogP contribution in [-0.2, 0) is 4.74 Å². The molecule has 1 atom stereocenters. The maximum atomic E-state index is 6.32. The molecule has 0 aliphatic carbocycles. The zero-order valence-corrected chi connectivity index (χ0v) is 16.6. The van der Waals surface area contributed by atoms with Crippen LogP contribution in [0, 0.1) is 0 Å². The lowest BCUT2D eigenvalue weighted by Gasteiger charge is -2.23. The van der Waals surface area contributed by atoms with E-state index in [9.17, 15) is 0 Å². The van der Waals surface area contributed by atoms with Crippen LogP contribution in [-0.4, -0.2) is 46.9 Å². The summed E-state index contributed by atoms with van der Waals surface area (Å²) < 4.78 is 13.4. The maximum Gasteiger partial charge on any atom is 0.139 e. The minimum Gasteiger partial charge on any atom is -0.493 e. The van der Waals surface area contributed by atoms with Gasteiger partial charge in [-0.25, -0.2) is 9.97 Å². The summed E-state index contributed by atoms with van der Waals surface area (Å²) in [6, 6.07) is 16.1. The van der Waals surface area contributed by atoms with Crippen molar-refractivity contribution in [2.45, 2.75) is 12.5 Å². The molecule has 2 aromatic heterocycles. The molecule has 0 spiro atoms. The van der Waals surface area contributed by atoms with Crippen LogP contribution in [0.1, 0.15) is 6.42 Å². The summed E-state index contributed by atoms with van der Waals surface area (Å²) in [6.07, 6.45) is 2.69. The summed E-state index contributed by atoms with van der Waals surface area (Å²) in [4.78, 5) is 9.27. The van der Waals surface area contributed by atoms with Gasteiger partial charge in [-0.1, -0.05) is 23.7 Å². The molecule has 7 heteroatoms. The number of pyridine rings is 1. The molecule has 1 N–H and O–H groups in total. The van der Waals surface area contributed by atoms with E-state index in [-0.39, 0.29) is 0 Å². The minimum absolute atomic E-state index is 0.359. The summed E-state index contributed by atoms with van der Waals surface area (Å²) in [6.45, 7) is 3.07. The predicted molar refractivity (Wildman–Crippen MR) is 114 cm³/mol. The number of morpholine rings is 1. The zero-order valence-electron chi connectivity index (χ0n) is 15.8. The number of hydrogen-bond acceptors (Lipinski definition) is 5. The van der Waals surface area contributed by atoms with Crippen LogP contribution in [0.4, 0.5) is 0 Å².